The lowest BCUT2D eigenvalue weighted by molar-refractivity contribution is -0.141. The summed E-state index contributed by atoms with van der Waals surface area (Å²) in [7, 11) is 1.39. The molecule has 0 spiro atoms. The minimum absolute atomic E-state index is 0.187. The van der Waals surface area contributed by atoms with Crippen molar-refractivity contribution < 1.29 is 19.1 Å². The van der Waals surface area contributed by atoms with Crippen LogP contribution in [-0.2, 0) is 19.1 Å². The van der Waals surface area contributed by atoms with Gasteiger partial charge in [-0.05, 0) is 31.3 Å². The van der Waals surface area contributed by atoms with Crippen molar-refractivity contribution in [3.8, 4) is 0 Å². The molecule has 0 aromatic carbocycles. The number of hydrogen-bond acceptors (Lipinski definition) is 4. The summed E-state index contributed by atoms with van der Waals surface area (Å²) in [6.07, 6.45) is 4.85. The first kappa shape index (κ1) is 12.7. The van der Waals surface area contributed by atoms with Crippen molar-refractivity contribution in [3.05, 3.63) is 11.3 Å². The smallest absolute Gasteiger partial charge is 0.307 e. The van der Waals surface area contributed by atoms with E-state index in [1.54, 1.807) is 0 Å². The second-order valence-corrected chi connectivity index (χ2v) is 3.90. The monoisotopic (exact) mass is 226 g/mol. The van der Waals surface area contributed by atoms with E-state index in [1.165, 1.54) is 19.6 Å². The molecule has 1 rings (SSSR count). The molecule has 0 aromatic heterocycles. The van der Waals surface area contributed by atoms with Gasteiger partial charge >= 0.3 is 11.9 Å². The van der Waals surface area contributed by atoms with Crippen LogP contribution in [0, 0.1) is 0 Å². The van der Waals surface area contributed by atoms with Crippen LogP contribution in [0.5, 0.6) is 0 Å². The molecular weight excluding hydrogens is 208 g/mol. The van der Waals surface area contributed by atoms with Gasteiger partial charge in [-0.2, -0.15) is 0 Å². The van der Waals surface area contributed by atoms with E-state index in [1.807, 2.05) is 0 Å². The zero-order chi connectivity index (χ0) is 12.0. The Balaban J connectivity index is 2.39. The molecule has 0 saturated heterocycles. The maximum Gasteiger partial charge on any atom is 0.307 e. The maximum atomic E-state index is 10.9. The summed E-state index contributed by atoms with van der Waals surface area (Å²) in [6, 6.07) is 0. The summed E-state index contributed by atoms with van der Waals surface area (Å²) in [5, 5.41) is 0. The van der Waals surface area contributed by atoms with Gasteiger partial charge in [-0.3, -0.25) is 9.59 Å². The highest BCUT2D eigenvalue weighted by atomic mass is 16.5. The van der Waals surface area contributed by atoms with E-state index < -0.39 is 0 Å². The van der Waals surface area contributed by atoms with Crippen molar-refractivity contribution in [3.63, 3.8) is 0 Å². The van der Waals surface area contributed by atoms with Gasteiger partial charge in [-0.15, -0.1) is 0 Å². The number of rotatable bonds is 5. The molecule has 0 heterocycles. The highest BCUT2D eigenvalue weighted by Crippen LogP contribution is 2.30. The van der Waals surface area contributed by atoms with E-state index in [-0.39, 0.29) is 11.9 Å². The van der Waals surface area contributed by atoms with Crippen LogP contribution in [0.2, 0.25) is 0 Å². The second-order valence-electron chi connectivity index (χ2n) is 3.90. The van der Waals surface area contributed by atoms with Gasteiger partial charge in [0.1, 0.15) is 5.76 Å². The molecular formula is C12H18O4. The summed E-state index contributed by atoms with van der Waals surface area (Å²) in [6.45, 7) is 1.41. The number of esters is 2. The minimum atomic E-state index is -0.262. The van der Waals surface area contributed by atoms with Crippen molar-refractivity contribution in [2.75, 3.05) is 7.11 Å². The molecule has 1 aliphatic rings. The number of allylic oxidation sites excluding steroid dienone is 2. The Morgan fingerprint density at radius 3 is 2.69 bits per heavy atom. The molecule has 0 aliphatic heterocycles. The van der Waals surface area contributed by atoms with Gasteiger partial charge in [0.05, 0.1) is 7.11 Å². The minimum Gasteiger partial charge on any atom is -0.469 e. The van der Waals surface area contributed by atoms with Gasteiger partial charge in [0.15, 0.2) is 0 Å². The molecule has 0 radical (unpaired) electrons. The van der Waals surface area contributed by atoms with E-state index >= 15 is 0 Å². The van der Waals surface area contributed by atoms with E-state index in [2.05, 4.69) is 4.74 Å². The molecule has 0 amide bonds. The predicted octanol–water partition coefficient (Wildman–Crippen LogP) is 2.33. The quantitative estimate of drug-likeness (QED) is 0.675. The van der Waals surface area contributed by atoms with Crippen molar-refractivity contribution >= 4 is 11.9 Å². The van der Waals surface area contributed by atoms with Gasteiger partial charge in [0, 0.05) is 19.8 Å². The molecule has 16 heavy (non-hydrogen) atoms. The van der Waals surface area contributed by atoms with Crippen LogP contribution in [0.15, 0.2) is 11.3 Å². The number of hydrogen-bond donors (Lipinski definition) is 0. The Morgan fingerprint density at radius 1 is 1.31 bits per heavy atom. The second kappa shape index (κ2) is 6.30. The number of carbonyl (C=O) groups excluding carboxylic acids is 2. The van der Waals surface area contributed by atoms with Crippen LogP contribution in [0.3, 0.4) is 0 Å². The van der Waals surface area contributed by atoms with E-state index in [0.29, 0.717) is 6.42 Å². The van der Waals surface area contributed by atoms with Gasteiger partial charge < -0.3 is 9.47 Å². The first-order valence-electron chi connectivity index (χ1n) is 5.59. The Labute approximate surface area is 95.6 Å². The molecule has 0 aromatic rings. The van der Waals surface area contributed by atoms with Gasteiger partial charge in [0.25, 0.3) is 0 Å². The summed E-state index contributed by atoms with van der Waals surface area (Å²) in [5.41, 5.74) is 1.18. The van der Waals surface area contributed by atoms with Crippen LogP contribution in [0.4, 0.5) is 0 Å². The number of methoxy groups -OCH3 is 1. The fourth-order valence-corrected chi connectivity index (χ4v) is 1.89. The molecule has 0 atom stereocenters. The molecule has 0 fully saturated rings. The molecule has 0 unspecified atom stereocenters. The highest BCUT2D eigenvalue weighted by Gasteiger charge is 2.17. The van der Waals surface area contributed by atoms with Crippen LogP contribution in [0.25, 0.3) is 0 Å². The Morgan fingerprint density at radius 2 is 2.06 bits per heavy atom. The van der Waals surface area contributed by atoms with E-state index in [0.717, 1.165) is 37.9 Å². The van der Waals surface area contributed by atoms with Crippen molar-refractivity contribution in [1.82, 2.24) is 0 Å². The Bertz CT molecular complexity index is 304. The fourth-order valence-electron chi connectivity index (χ4n) is 1.89. The standard InChI is InChI=1S/C12H18O4/c1-9(13)16-11-7-3-5-10(11)6-4-8-12(14)15-2/h3-8H2,1-2H3. The lowest BCUT2D eigenvalue weighted by Crippen LogP contribution is -2.01. The summed E-state index contributed by atoms with van der Waals surface area (Å²) in [5.74, 6) is 0.368. The normalized spacial score (nSPS) is 15.1. The van der Waals surface area contributed by atoms with Crippen LogP contribution in [-0.4, -0.2) is 19.0 Å². The summed E-state index contributed by atoms with van der Waals surface area (Å²) < 4.78 is 9.70. The first-order chi connectivity index (χ1) is 7.63. The number of ether oxygens (including phenoxy) is 2. The van der Waals surface area contributed by atoms with Gasteiger partial charge in [-0.1, -0.05) is 0 Å². The van der Waals surface area contributed by atoms with Gasteiger partial charge in [0.2, 0.25) is 0 Å². The SMILES string of the molecule is COC(=O)CCCC1=C(OC(C)=O)CCC1. The molecule has 90 valence electrons. The fraction of sp³-hybridized carbons (Fsp3) is 0.667. The zero-order valence-electron chi connectivity index (χ0n) is 9.88. The van der Waals surface area contributed by atoms with Crippen LogP contribution >= 0.6 is 0 Å². The predicted molar refractivity (Wildman–Crippen MR) is 58.5 cm³/mol. The van der Waals surface area contributed by atoms with Crippen molar-refractivity contribution in [2.45, 2.75) is 45.4 Å². The molecule has 0 bridgehead atoms. The summed E-state index contributed by atoms with van der Waals surface area (Å²) >= 11 is 0. The Kier molecular flexibility index (Phi) is 5.02. The topological polar surface area (TPSA) is 52.6 Å². The maximum absolute atomic E-state index is 10.9. The van der Waals surface area contributed by atoms with Crippen molar-refractivity contribution in [1.29, 1.82) is 0 Å². The van der Waals surface area contributed by atoms with Crippen molar-refractivity contribution in [2.24, 2.45) is 0 Å². The summed E-state index contributed by atoms with van der Waals surface area (Å²) in [4.78, 5) is 21.8. The third kappa shape index (κ3) is 4.04. The lowest BCUT2D eigenvalue weighted by atomic mass is 10.1. The van der Waals surface area contributed by atoms with Crippen LogP contribution < -0.4 is 0 Å². The number of carbonyl (C=O) groups is 2. The third-order valence-electron chi connectivity index (χ3n) is 2.63. The Hall–Kier alpha value is -1.32. The largest absolute Gasteiger partial charge is 0.469 e. The average Bonchev–Trinajstić information content (AvgIpc) is 2.64. The molecule has 0 N–H and O–H groups in total. The van der Waals surface area contributed by atoms with Crippen LogP contribution in [0.1, 0.15) is 45.4 Å². The highest BCUT2D eigenvalue weighted by molar-refractivity contribution is 5.69. The molecule has 0 saturated carbocycles. The molecule has 4 nitrogen and oxygen atoms in total. The first-order valence-corrected chi connectivity index (χ1v) is 5.59. The third-order valence-corrected chi connectivity index (χ3v) is 2.63. The lowest BCUT2D eigenvalue weighted by Gasteiger charge is -2.06. The van der Waals surface area contributed by atoms with E-state index in [4.69, 9.17) is 4.74 Å². The molecule has 4 heteroatoms. The zero-order valence-corrected chi connectivity index (χ0v) is 9.88. The van der Waals surface area contributed by atoms with E-state index in [9.17, 15) is 9.59 Å². The van der Waals surface area contributed by atoms with Gasteiger partial charge in [-0.25, -0.2) is 0 Å². The molecule has 1 aliphatic carbocycles. The average molecular weight is 226 g/mol.